The minimum Gasteiger partial charge on any atom is -0.477 e. The Bertz CT molecular complexity index is 357. The van der Waals surface area contributed by atoms with E-state index in [1.54, 1.807) is 0 Å². The van der Waals surface area contributed by atoms with Gasteiger partial charge in [0.05, 0.1) is 13.2 Å². The molecule has 0 spiro atoms. The summed E-state index contributed by atoms with van der Waals surface area (Å²) in [4.78, 5) is 10.5. The van der Waals surface area contributed by atoms with E-state index in [4.69, 9.17) is 30.6 Å². The van der Waals surface area contributed by atoms with Gasteiger partial charge in [0.15, 0.2) is 0 Å². The Kier molecular flexibility index (Phi) is 24.1. The number of carboxylic acid groups (broad SMARTS) is 1. The predicted octanol–water partition coefficient (Wildman–Crippen LogP) is 3.74. The van der Waals surface area contributed by atoms with E-state index in [9.17, 15) is 4.79 Å². The largest absolute Gasteiger partial charge is 0.477 e. The van der Waals surface area contributed by atoms with E-state index in [-0.39, 0.29) is 19.6 Å². The van der Waals surface area contributed by atoms with E-state index in [0.29, 0.717) is 6.42 Å². The maximum atomic E-state index is 10.5. The smallest absolute Gasteiger partial charge is 0.364 e. The maximum Gasteiger partial charge on any atom is 0.364 e. The van der Waals surface area contributed by atoms with E-state index in [0.717, 1.165) is 19.3 Å². The van der Waals surface area contributed by atoms with E-state index in [1.807, 2.05) is 0 Å². The number of carbonyl (C=O) groups is 1. The highest BCUT2D eigenvalue weighted by Gasteiger charge is 2.31. The molecule has 0 aromatic rings. The molecule has 6 N–H and O–H groups in total. The molecule has 0 aromatic heterocycles. The summed E-state index contributed by atoms with van der Waals surface area (Å²) in [6, 6.07) is 0. The number of hydrogen-bond donors (Lipinski definition) is 6. The number of aliphatic hydroxyl groups excluding tert-OH is 3. The van der Waals surface area contributed by atoms with Crippen molar-refractivity contribution in [3.8, 4) is 0 Å². The highest BCUT2D eigenvalue weighted by Crippen LogP contribution is 2.16. The first kappa shape index (κ1) is 31.5. The average molecular weight is 437 g/mol. The first-order valence-electron chi connectivity index (χ1n) is 11.9. The zero-order chi connectivity index (χ0) is 23.1. The molecule has 0 atom stereocenters. The minimum atomic E-state index is -2.55. The summed E-state index contributed by atoms with van der Waals surface area (Å²) in [5.74, 6) is -4.10. The lowest BCUT2D eigenvalue weighted by Gasteiger charge is -2.15. The normalized spacial score (nSPS) is 11.4. The fraction of sp³-hybridized carbons (Fsp3) is 0.957. The van der Waals surface area contributed by atoms with Crippen LogP contribution in [0.25, 0.3) is 0 Å². The molecular weight excluding hydrogens is 388 g/mol. The molecule has 0 saturated heterocycles. The Morgan fingerprint density at radius 2 is 0.967 bits per heavy atom. The summed E-state index contributed by atoms with van der Waals surface area (Å²) < 4.78 is 0. The van der Waals surface area contributed by atoms with Gasteiger partial charge in [0, 0.05) is 6.42 Å². The summed E-state index contributed by atoms with van der Waals surface area (Å²) in [5.41, 5.74) is 0. The van der Waals surface area contributed by atoms with E-state index < -0.39 is 17.9 Å². The van der Waals surface area contributed by atoms with Gasteiger partial charge in [-0.3, -0.25) is 0 Å². The zero-order valence-electron chi connectivity index (χ0n) is 19.1. The predicted molar refractivity (Wildman–Crippen MR) is 119 cm³/mol. The first-order valence-corrected chi connectivity index (χ1v) is 11.9. The summed E-state index contributed by atoms with van der Waals surface area (Å²) in [5, 5.41) is 50.9. The lowest BCUT2D eigenvalue weighted by atomic mass is 10.0. The molecule has 7 heteroatoms. The molecule has 0 amide bonds. The van der Waals surface area contributed by atoms with Crippen LogP contribution in [0.4, 0.5) is 0 Å². The molecule has 30 heavy (non-hydrogen) atoms. The zero-order valence-corrected chi connectivity index (χ0v) is 19.1. The Balaban J connectivity index is 0. The lowest BCUT2D eigenvalue weighted by Crippen LogP contribution is -2.37. The number of aliphatic hydroxyl groups is 5. The van der Waals surface area contributed by atoms with E-state index >= 15 is 0 Å². The van der Waals surface area contributed by atoms with Crippen molar-refractivity contribution >= 4 is 5.97 Å². The second-order valence-corrected chi connectivity index (χ2v) is 8.19. The monoisotopic (exact) mass is 436 g/mol. The molecule has 0 fully saturated rings. The first-order chi connectivity index (χ1) is 14.3. The van der Waals surface area contributed by atoms with Crippen LogP contribution >= 0.6 is 0 Å². The molecule has 182 valence electrons. The van der Waals surface area contributed by atoms with Crippen molar-refractivity contribution in [2.75, 3.05) is 13.2 Å². The third kappa shape index (κ3) is 23.5. The summed E-state index contributed by atoms with van der Waals surface area (Å²) in [6.45, 7) is 1.53. The van der Waals surface area contributed by atoms with Crippen LogP contribution in [-0.2, 0) is 4.79 Å². The molecule has 0 aromatic carbocycles. The van der Waals surface area contributed by atoms with Gasteiger partial charge in [0.1, 0.15) is 6.10 Å². The molecule has 0 radical (unpaired) electrons. The van der Waals surface area contributed by atoms with Crippen LogP contribution in [0.3, 0.4) is 0 Å². The molecule has 7 nitrogen and oxygen atoms in total. The summed E-state index contributed by atoms with van der Waals surface area (Å²) >= 11 is 0. The highest BCUT2D eigenvalue weighted by molar-refractivity contribution is 5.74. The third-order valence-corrected chi connectivity index (χ3v) is 5.14. The van der Waals surface area contributed by atoms with E-state index in [1.165, 1.54) is 77.0 Å². The van der Waals surface area contributed by atoms with Gasteiger partial charge >= 0.3 is 5.97 Å². The number of unbranched alkanes of at least 4 members (excludes halogenated alkanes) is 15. The van der Waals surface area contributed by atoms with Crippen LogP contribution in [-0.4, -0.2) is 61.7 Å². The van der Waals surface area contributed by atoms with Crippen molar-refractivity contribution in [3.05, 3.63) is 0 Å². The minimum absolute atomic E-state index is 0.0826. The number of aliphatic carboxylic acids is 1. The Hall–Kier alpha value is -0.730. The van der Waals surface area contributed by atoms with Crippen molar-refractivity contribution in [2.24, 2.45) is 0 Å². The standard InChI is InChI=1S/C20H40O4.C3H8O3/c1-2-3-4-5-6-7-8-9-10-11-12-13-14-15-16-17-18-20(23,24)19(21)22;4-1-3(6)2-5/h23-24H,2-18H2,1H3,(H,21,22);3-6H,1-2H2. The molecule has 0 bridgehead atoms. The van der Waals surface area contributed by atoms with Gasteiger partial charge in [0.25, 0.3) is 5.79 Å². The molecule has 0 aliphatic carbocycles. The van der Waals surface area contributed by atoms with Gasteiger partial charge in [-0.05, 0) is 6.42 Å². The number of hydrogen-bond acceptors (Lipinski definition) is 6. The molecule has 0 aliphatic heterocycles. The van der Waals surface area contributed by atoms with E-state index in [2.05, 4.69) is 6.92 Å². The van der Waals surface area contributed by atoms with Gasteiger partial charge in [-0.1, -0.05) is 103 Å². The van der Waals surface area contributed by atoms with Crippen molar-refractivity contribution < 1.29 is 35.4 Å². The van der Waals surface area contributed by atoms with Crippen LogP contribution in [0.5, 0.6) is 0 Å². The van der Waals surface area contributed by atoms with Gasteiger partial charge in [0.2, 0.25) is 0 Å². The molecule has 0 rings (SSSR count). The molecule has 0 aliphatic rings. The molecular formula is C23H48O7. The number of carboxylic acids is 1. The van der Waals surface area contributed by atoms with Crippen LogP contribution in [0, 0.1) is 0 Å². The van der Waals surface area contributed by atoms with Crippen LogP contribution in [0.1, 0.15) is 116 Å². The van der Waals surface area contributed by atoms with Crippen LogP contribution in [0.2, 0.25) is 0 Å². The van der Waals surface area contributed by atoms with Gasteiger partial charge in [-0.25, -0.2) is 4.79 Å². The second-order valence-electron chi connectivity index (χ2n) is 8.19. The van der Waals surface area contributed by atoms with Crippen LogP contribution < -0.4 is 0 Å². The highest BCUT2D eigenvalue weighted by atomic mass is 16.5. The SMILES string of the molecule is CCCCCCCCCCCCCCCCCCC(O)(O)C(=O)O.OCC(O)CO. The molecule has 0 saturated carbocycles. The molecule has 0 heterocycles. The third-order valence-electron chi connectivity index (χ3n) is 5.14. The average Bonchev–Trinajstić information content (AvgIpc) is 2.73. The van der Waals surface area contributed by atoms with Crippen molar-refractivity contribution in [1.82, 2.24) is 0 Å². The van der Waals surface area contributed by atoms with Crippen molar-refractivity contribution in [3.63, 3.8) is 0 Å². The summed E-state index contributed by atoms with van der Waals surface area (Å²) in [6.07, 6.45) is 18.9. The Morgan fingerprint density at radius 3 is 1.20 bits per heavy atom. The summed E-state index contributed by atoms with van der Waals surface area (Å²) in [7, 11) is 0. The van der Waals surface area contributed by atoms with Crippen molar-refractivity contribution in [1.29, 1.82) is 0 Å². The molecule has 0 unspecified atom stereocenters. The van der Waals surface area contributed by atoms with Crippen LogP contribution in [0.15, 0.2) is 0 Å². The lowest BCUT2D eigenvalue weighted by molar-refractivity contribution is -0.205. The second kappa shape index (κ2) is 22.9. The topological polar surface area (TPSA) is 138 Å². The van der Waals surface area contributed by atoms with Gasteiger partial charge < -0.3 is 30.6 Å². The number of rotatable bonds is 20. The van der Waals surface area contributed by atoms with Gasteiger partial charge in [-0.2, -0.15) is 0 Å². The maximum absolute atomic E-state index is 10.5. The fourth-order valence-electron chi connectivity index (χ4n) is 3.08. The Labute approximate surface area is 183 Å². The fourth-order valence-corrected chi connectivity index (χ4v) is 3.08. The Morgan fingerprint density at radius 1 is 0.667 bits per heavy atom. The quantitative estimate of drug-likeness (QED) is 0.126. The van der Waals surface area contributed by atoms with Crippen molar-refractivity contribution in [2.45, 2.75) is 128 Å². The van der Waals surface area contributed by atoms with Gasteiger partial charge in [-0.15, -0.1) is 0 Å².